The molecule has 0 fully saturated rings. The fourth-order valence-corrected chi connectivity index (χ4v) is 1.72. The smallest absolute Gasteiger partial charge is 0.145 e. The summed E-state index contributed by atoms with van der Waals surface area (Å²) in [6.45, 7) is 0.0874. The molecule has 0 aliphatic heterocycles. The van der Waals surface area contributed by atoms with Crippen LogP contribution in [0.4, 0.5) is 4.39 Å². The Morgan fingerprint density at radius 3 is 2.61 bits per heavy atom. The van der Waals surface area contributed by atoms with Gasteiger partial charge in [0.25, 0.3) is 0 Å². The van der Waals surface area contributed by atoms with Crippen molar-refractivity contribution in [1.29, 1.82) is 0 Å². The molecule has 91 valence electrons. The van der Waals surface area contributed by atoms with E-state index >= 15 is 0 Å². The number of hydrogen-bond donors (Lipinski definition) is 0. The van der Waals surface area contributed by atoms with Crippen molar-refractivity contribution in [3.05, 3.63) is 69.9 Å². The normalized spacial score (nSPS) is 10.8. The topological polar surface area (TPSA) is 21.6 Å². The Morgan fingerprint density at radius 2 is 1.83 bits per heavy atom. The number of benzene rings is 2. The van der Waals surface area contributed by atoms with E-state index in [1.807, 2.05) is 24.3 Å². The lowest BCUT2D eigenvalue weighted by Gasteiger charge is -2.00. The van der Waals surface area contributed by atoms with Crippen LogP contribution < -0.4 is 0 Å². The predicted molar refractivity (Wildman–Crippen MR) is 71.9 cm³/mol. The van der Waals surface area contributed by atoms with Gasteiger partial charge in [0.2, 0.25) is 0 Å². The van der Waals surface area contributed by atoms with Crippen molar-refractivity contribution in [3.63, 3.8) is 0 Å². The van der Waals surface area contributed by atoms with Crippen LogP contribution in [-0.4, -0.2) is 6.21 Å². The maximum atomic E-state index is 13.3. The molecule has 0 bridgehead atoms. The summed E-state index contributed by atoms with van der Waals surface area (Å²) in [5.74, 6) is -0.298. The Bertz CT molecular complexity index is 557. The zero-order valence-corrected chi connectivity index (χ0v) is 11.0. The summed E-state index contributed by atoms with van der Waals surface area (Å²) in [5.41, 5.74) is 1.25. The average Bonchev–Trinajstić information content (AvgIpc) is 2.38. The third kappa shape index (κ3) is 3.40. The molecule has 0 aromatic heterocycles. The SMILES string of the molecule is Fc1ccccc1CO/N=[C]\c1ccccc1Br. The lowest BCUT2D eigenvalue weighted by Crippen LogP contribution is -1.92. The zero-order chi connectivity index (χ0) is 12.8. The van der Waals surface area contributed by atoms with Crippen molar-refractivity contribution >= 4 is 22.1 Å². The van der Waals surface area contributed by atoms with Crippen molar-refractivity contribution in [3.8, 4) is 0 Å². The van der Waals surface area contributed by atoms with Gasteiger partial charge in [-0.15, -0.1) is 0 Å². The van der Waals surface area contributed by atoms with Gasteiger partial charge in [0, 0.05) is 15.6 Å². The molecule has 0 N–H and O–H groups in total. The Kier molecular flexibility index (Phi) is 4.47. The van der Waals surface area contributed by atoms with Crippen LogP contribution in [0, 0.1) is 5.82 Å². The predicted octanol–water partition coefficient (Wildman–Crippen LogP) is 4.02. The third-order valence-electron chi connectivity index (χ3n) is 2.28. The molecule has 1 radical (unpaired) electrons. The lowest BCUT2D eigenvalue weighted by atomic mass is 10.2. The van der Waals surface area contributed by atoms with Gasteiger partial charge in [0.15, 0.2) is 0 Å². The second kappa shape index (κ2) is 6.31. The Morgan fingerprint density at radius 1 is 1.11 bits per heavy atom. The summed E-state index contributed by atoms with van der Waals surface area (Å²) in [6, 6.07) is 13.9. The summed E-state index contributed by atoms with van der Waals surface area (Å²) in [4.78, 5) is 5.01. The molecule has 0 saturated heterocycles. The van der Waals surface area contributed by atoms with Crippen molar-refractivity contribution < 1.29 is 9.23 Å². The second-order valence-electron chi connectivity index (χ2n) is 3.55. The molecule has 0 spiro atoms. The second-order valence-corrected chi connectivity index (χ2v) is 4.40. The Labute approximate surface area is 113 Å². The van der Waals surface area contributed by atoms with Crippen molar-refractivity contribution in [1.82, 2.24) is 0 Å². The Hall–Kier alpha value is -1.68. The molecule has 2 rings (SSSR count). The van der Waals surface area contributed by atoms with Gasteiger partial charge >= 0.3 is 0 Å². The first-order chi connectivity index (χ1) is 8.77. The molecule has 0 amide bonds. The molecule has 18 heavy (non-hydrogen) atoms. The van der Waals surface area contributed by atoms with Gasteiger partial charge in [-0.05, 0) is 12.1 Å². The number of hydrogen-bond acceptors (Lipinski definition) is 2. The Balaban J connectivity index is 1.93. The van der Waals surface area contributed by atoms with Crippen LogP contribution in [0.15, 0.2) is 58.2 Å². The molecule has 0 aliphatic carbocycles. The van der Waals surface area contributed by atoms with E-state index in [-0.39, 0.29) is 12.4 Å². The zero-order valence-electron chi connectivity index (χ0n) is 9.44. The van der Waals surface area contributed by atoms with Crippen LogP contribution in [0.1, 0.15) is 11.1 Å². The lowest BCUT2D eigenvalue weighted by molar-refractivity contribution is 0.129. The van der Waals surface area contributed by atoms with Gasteiger partial charge in [-0.2, -0.15) is 0 Å². The summed E-state index contributed by atoms with van der Waals surface area (Å²) in [6.07, 6.45) is 2.74. The monoisotopic (exact) mass is 306 g/mol. The summed E-state index contributed by atoms with van der Waals surface area (Å²) < 4.78 is 14.1. The van der Waals surface area contributed by atoms with E-state index in [0.717, 1.165) is 10.0 Å². The number of rotatable bonds is 4. The summed E-state index contributed by atoms with van der Waals surface area (Å²) in [5, 5.41) is 3.69. The highest BCUT2D eigenvalue weighted by atomic mass is 79.9. The molecule has 2 aromatic carbocycles. The van der Waals surface area contributed by atoms with Crippen LogP contribution >= 0.6 is 15.9 Å². The minimum Gasteiger partial charge on any atom is -0.390 e. The molecule has 0 heterocycles. The van der Waals surface area contributed by atoms with E-state index in [4.69, 9.17) is 4.84 Å². The summed E-state index contributed by atoms with van der Waals surface area (Å²) >= 11 is 3.37. The van der Waals surface area contributed by atoms with Crippen LogP contribution in [0.5, 0.6) is 0 Å². The van der Waals surface area contributed by atoms with Crippen molar-refractivity contribution in [2.45, 2.75) is 6.61 Å². The molecule has 0 unspecified atom stereocenters. The van der Waals surface area contributed by atoms with Crippen molar-refractivity contribution in [2.24, 2.45) is 5.16 Å². The van der Waals surface area contributed by atoms with Gasteiger partial charge in [0.05, 0.1) is 0 Å². The molecule has 2 aromatic rings. The van der Waals surface area contributed by atoms with Crippen LogP contribution in [0.2, 0.25) is 0 Å². The highest BCUT2D eigenvalue weighted by Crippen LogP contribution is 2.13. The minimum absolute atomic E-state index is 0.0874. The fourth-order valence-electron chi connectivity index (χ4n) is 1.35. The molecular weight excluding hydrogens is 297 g/mol. The van der Waals surface area contributed by atoms with Crippen LogP contribution in [0.25, 0.3) is 0 Å². The number of halogens is 2. The molecular formula is C14H10BrFNO. The maximum absolute atomic E-state index is 13.3. The largest absolute Gasteiger partial charge is 0.390 e. The molecule has 2 nitrogen and oxygen atoms in total. The first-order valence-corrected chi connectivity index (χ1v) is 6.12. The van der Waals surface area contributed by atoms with E-state index in [0.29, 0.717) is 5.56 Å². The molecule has 4 heteroatoms. The molecule has 0 saturated carbocycles. The summed E-state index contributed by atoms with van der Waals surface area (Å²) in [7, 11) is 0. The van der Waals surface area contributed by atoms with Crippen LogP contribution in [0.3, 0.4) is 0 Å². The van der Waals surface area contributed by atoms with Crippen LogP contribution in [-0.2, 0) is 11.4 Å². The first kappa shape index (κ1) is 12.8. The van der Waals surface area contributed by atoms with Gasteiger partial charge in [0.1, 0.15) is 18.6 Å². The quantitative estimate of drug-likeness (QED) is 0.617. The van der Waals surface area contributed by atoms with Gasteiger partial charge in [-0.1, -0.05) is 57.5 Å². The van der Waals surface area contributed by atoms with Gasteiger partial charge in [-0.25, -0.2) is 4.39 Å². The van der Waals surface area contributed by atoms with E-state index in [1.54, 1.807) is 18.2 Å². The van der Waals surface area contributed by atoms with E-state index in [2.05, 4.69) is 27.3 Å². The van der Waals surface area contributed by atoms with Gasteiger partial charge in [-0.3, -0.25) is 0 Å². The van der Waals surface area contributed by atoms with Crippen molar-refractivity contribution in [2.75, 3.05) is 0 Å². The van der Waals surface area contributed by atoms with E-state index in [1.165, 1.54) is 6.07 Å². The van der Waals surface area contributed by atoms with E-state index < -0.39 is 0 Å². The average molecular weight is 307 g/mol. The molecule has 0 aliphatic rings. The number of nitrogens with zero attached hydrogens (tertiary/aromatic N) is 1. The van der Waals surface area contributed by atoms with E-state index in [9.17, 15) is 4.39 Å². The van der Waals surface area contributed by atoms with Gasteiger partial charge < -0.3 is 4.84 Å². The highest BCUT2D eigenvalue weighted by Gasteiger charge is 2.00. The standard InChI is InChI=1S/C14H10BrFNO/c15-13-7-3-1-5-11(13)9-17-18-10-12-6-2-4-8-14(12)16/h1-8H,10H2. The highest BCUT2D eigenvalue weighted by molar-refractivity contribution is 9.10. The first-order valence-electron chi connectivity index (χ1n) is 5.33. The third-order valence-corrected chi connectivity index (χ3v) is 2.97. The fraction of sp³-hybridized carbons (Fsp3) is 0.0714. The minimum atomic E-state index is -0.298. The molecule has 0 atom stereocenters. The maximum Gasteiger partial charge on any atom is 0.145 e.